The number of hydrogen-bond acceptors (Lipinski definition) is 4. The summed E-state index contributed by atoms with van der Waals surface area (Å²) in [5.74, 6) is -0.496. The molecule has 4 nitrogen and oxygen atoms in total. The highest BCUT2D eigenvalue weighted by Crippen LogP contribution is 2.26. The molecule has 1 aromatic carbocycles. The molecular formula is C10H8FNO3S3. The van der Waals surface area contributed by atoms with Gasteiger partial charge in [-0.25, -0.2) is 22.2 Å². The highest BCUT2D eigenvalue weighted by atomic mass is 32.3. The van der Waals surface area contributed by atoms with Crippen molar-refractivity contribution < 1.29 is 17.0 Å². The Morgan fingerprint density at radius 3 is 2.50 bits per heavy atom. The second-order valence-electron chi connectivity index (χ2n) is 3.34. The van der Waals surface area contributed by atoms with E-state index in [1.165, 1.54) is 30.3 Å². The Bertz CT molecular complexity index is 709. The van der Waals surface area contributed by atoms with Crippen LogP contribution in [0.5, 0.6) is 0 Å². The molecule has 0 radical (unpaired) electrons. The molecule has 0 saturated heterocycles. The summed E-state index contributed by atoms with van der Waals surface area (Å²) >= 11 is 0.813. The van der Waals surface area contributed by atoms with Gasteiger partial charge in [0, 0.05) is 4.90 Å². The number of primary sulfonamides is 1. The number of halogens is 1. The van der Waals surface area contributed by atoms with Crippen molar-refractivity contribution in [2.24, 2.45) is 5.14 Å². The van der Waals surface area contributed by atoms with Gasteiger partial charge in [0.05, 0.1) is 15.0 Å². The van der Waals surface area contributed by atoms with Crippen LogP contribution >= 0.6 is 11.3 Å². The van der Waals surface area contributed by atoms with Gasteiger partial charge < -0.3 is 0 Å². The maximum Gasteiger partial charge on any atom is 0.247 e. The first-order valence-electron chi connectivity index (χ1n) is 4.68. The molecular weight excluding hydrogens is 297 g/mol. The largest absolute Gasteiger partial charge is 0.248 e. The predicted molar refractivity (Wildman–Crippen MR) is 66.8 cm³/mol. The van der Waals surface area contributed by atoms with Crippen LogP contribution in [0.1, 0.15) is 0 Å². The molecule has 0 aliphatic carbocycles. The van der Waals surface area contributed by atoms with E-state index in [0.717, 1.165) is 17.4 Å². The van der Waals surface area contributed by atoms with Crippen LogP contribution in [0, 0.1) is 5.82 Å². The summed E-state index contributed by atoms with van der Waals surface area (Å²) in [7, 11) is -5.41. The molecule has 0 aliphatic rings. The second-order valence-corrected chi connectivity index (χ2v) is 7.92. The van der Waals surface area contributed by atoms with Crippen molar-refractivity contribution >= 4 is 32.2 Å². The van der Waals surface area contributed by atoms with Crippen molar-refractivity contribution in [1.82, 2.24) is 0 Å². The van der Waals surface area contributed by atoms with E-state index >= 15 is 0 Å². The third kappa shape index (κ3) is 2.83. The standard InChI is InChI=1S/C10H8FNO3S3/c11-7-2-1-3-8(6-7)17(13)9-4-5-10(16-9)18(12,14)15/h1-6H,(H2,12,14,15). The van der Waals surface area contributed by atoms with Gasteiger partial charge in [-0.15, -0.1) is 11.3 Å². The molecule has 0 fully saturated rings. The Labute approximate surface area is 110 Å². The number of benzene rings is 1. The molecule has 0 aliphatic heterocycles. The second kappa shape index (κ2) is 4.88. The quantitative estimate of drug-likeness (QED) is 0.937. The van der Waals surface area contributed by atoms with E-state index in [9.17, 15) is 17.0 Å². The Kier molecular flexibility index (Phi) is 3.62. The monoisotopic (exact) mass is 305 g/mol. The summed E-state index contributed by atoms with van der Waals surface area (Å²) in [5, 5.41) is 4.96. The lowest BCUT2D eigenvalue weighted by molar-refractivity contribution is 0.600. The predicted octanol–water partition coefficient (Wildman–Crippen LogP) is 1.70. The minimum atomic E-state index is -3.80. The average molecular weight is 305 g/mol. The normalized spacial score (nSPS) is 13.4. The lowest BCUT2D eigenvalue weighted by Gasteiger charge is -1.98. The molecule has 1 aromatic heterocycles. The van der Waals surface area contributed by atoms with Crippen LogP contribution in [-0.4, -0.2) is 12.6 Å². The first-order chi connectivity index (χ1) is 8.38. The summed E-state index contributed by atoms with van der Waals surface area (Å²) in [6, 6.07) is 8.03. The molecule has 1 unspecified atom stereocenters. The molecule has 0 spiro atoms. The van der Waals surface area contributed by atoms with Crippen LogP contribution in [0.15, 0.2) is 49.7 Å². The lowest BCUT2D eigenvalue weighted by Crippen LogP contribution is -2.09. The number of rotatable bonds is 3. The summed E-state index contributed by atoms with van der Waals surface area (Å²) < 4.78 is 47.5. The van der Waals surface area contributed by atoms with Crippen molar-refractivity contribution in [3.63, 3.8) is 0 Å². The summed E-state index contributed by atoms with van der Waals surface area (Å²) in [5.41, 5.74) is 0. The summed E-state index contributed by atoms with van der Waals surface area (Å²) in [4.78, 5) is 0.276. The van der Waals surface area contributed by atoms with Crippen LogP contribution in [0.2, 0.25) is 0 Å². The van der Waals surface area contributed by atoms with Gasteiger partial charge in [0.15, 0.2) is 0 Å². The molecule has 2 rings (SSSR count). The average Bonchev–Trinajstić information content (AvgIpc) is 2.77. The van der Waals surface area contributed by atoms with Crippen molar-refractivity contribution in [3.8, 4) is 0 Å². The maximum absolute atomic E-state index is 13.0. The summed E-state index contributed by atoms with van der Waals surface area (Å²) in [6.45, 7) is 0. The molecule has 18 heavy (non-hydrogen) atoms. The zero-order valence-electron chi connectivity index (χ0n) is 8.87. The van der Waals surface area contributed by atoms with Crippen molar-refractivity contribution in [2.45, 2.75) is 13.3 Å². The zero-order chi connectivity index (χ0) is 13.3. The third-order valence-corrected chi connectivity index (χ3v) is 6.24. The minimum Gasteiger partial charge on any atom is -0.248 e. The Balaban J connectivity index is 2.38. The number of thiophene rings is 1. The van der Waals surface area contributed by atoms with E-state index in [1.54, 1.807) is 0 Å². The fourth-order valence-corrected chi connectivity index (χ4v) is 4.58. The van der Waals surface area contributed by atoms with Crippen molar-refractivity contribution in [1.29, 1.82) is 0 Å². The first-order valence-corrected chi connectivity index (χ1v) is 8.19. The van der Waals surface area contributed by atoms with Gasteiger partial charge in [-0.2, -0.15) is 0 Å². The molecule has 2 aromatic rings. The fraction of sp³-hybridized carbons (Fsp3) is 0. The molecule has 2 N–H and O–H groups in total. The number of hydrogen-bond donors (Lipinski definition) is 1. The van der Waals surface area contributed by atoms with E-state index in [2.05, 4.69) is 0 Å². The van der Waals surface area contributed by atoms with E-state index in [-0.39, 0.29) is 9.10 Å². The molecule has 8 heteroatoms. The molecule has 96 valence electrons. The van der Waals surface area contributed by atoms with Crippen LogP contribution in [0.25, 0.3) is 0 Å². The minimum absolute atomic E-state index is 0.0674. The van der Waals surface area contributed by atoms with E-state index in [0.29, 0.717) is 4.21 Å². The highest BCUT2D eigenvalue weighted by molar-refractivity contribution is 7.92. The van der Waals surface area contributed by atoms with Gasteiger partial charge >= 0.3 is 0 Å². The molecule has 0 bridgehead atoms. The molecule has 1 heterocycles. The molecule has 0 saturated carbocycles. The van der Waals surface area contributed by atoms with E-state index in [1.807, 2.05) is 0 Å². The molecule has 0 amide bonds. The fourth-order valence-electron chi connectivity index (χ4n) is 1.25. The van der Waals surface area contributed by atoms with E-state index < -0.39 is 26.6 Å². The number of sulfonamides is 1. The Hall–Kier alpha value is -1.09. The van der Waals surface area contributed by atoms with Crippen LogP contribution in [0.4, 0.5) is 4.39 Å². The van der Waals surface area contributed by atoms with Crippen LogP contribution in [0.3, 0.4) is 0 Å². The van der Waals surface area contributed by atoms with Crippen LogP contribution in [-0.2, 0) is 20.8 Å². The smallest absolute Gasteiger partial charge is 0.247 e. The maximum atomic E-state index is 13.0. The summed E-state index contributed by atoms with van der Waals surface area (Å²) in [6.07, 6.45) is 0. The van der Waals surface area contributed by atoms with Gasteiger partial charge in [-0.1, -0.05) is 6.07 Å². The Morgan fingerprint density at radius 2 is 1.94 bits per heavy atom. The van der Waals surface area contributed by atoms with Gasteiger partial charge in [-0.3, -0.25) is 0 Å². The van der Waals surface area contributed by atoms with E-state index in [4.69, 9.17) is 5.14 Å². The first kappa shape index (κ1) is 13.3. The Morgan fingerprint density at radius 1 is 1.22 bits per heavy atom. The molecule has 1 atom stereocenters. The van der Waals surface area contributed by atoms with Gasteiger partial charge in [0.2, 0.25) is 10.0 Å². The lowest BCUT2D eigenvalue weighted by atomic mass is 10.4. The van der Waals surface area contributed by atoms with Gasteiger partial charge in [0.25, 0.3) is 0 Å². The third-order valence-electron chi connectivity index (χ3n) is 2.03. The van der Waals surface area contributed by atoms with Crippen molar-refractivity contribution in [3.05, 3.63) is 42.2 Å². The highest BCUT2D eigenvalue weighted by Gasteiger charge is 2.16. The zero-order valence-corrected chi connectivity index (χ0v) is 11.3. The SMILES string of the molecule is NS(=O)(=O)c1ccc(S(=O)c2cccc(F)c2)s1. The van der Waals surface area contributed by atoms with Gasteiger partial charge in [0.1, 0.15) is 10.0 Å². The van der Waals surface area contributed by atoms with Crippen molar-refractivity contribution in [2.75, 3.05) is 0 Å². The topological polar surface area (TPSA) is 77.2 Å². The van der Waals surface area contributed by atoms with Crippen LogP contribution < -0.4 is 5.14 Å². The number of nitrogens with two attached hydrogens (primary N) is 1. The van der Waals surface area contributed by atoms with Gasteiger partial charge in [-0.05, 0) is 30.3 Å².